The number of piperazine rings is 1. The van der Waals surface area contributed by atoms with Crippen LogP contribution in [-0.4, -0.2) is 74.7 Å². The molecule has 1 unspecified atom stereocenters. The van der Waals surface area contributed by atoms with Crippen LogP contribution in [0.2, 0.25) is 0 Å². The van der Waals surface area contributed by atoms with Crippen molar-refractivity contribution in [3.05, 3.63) is 29.8 Å². The molecular weight excluding hydrogens is 350 g/mol. The highest BCUT2D eigenvalue weighted by atomic mass is 16.5. The number of aliphatic imine (C=N–C) groups is 1. The Labute approximate surface area is 170 Å². The molecule has 0 bridgehead atoms. The number of ether oxygens (including phenoxy) is 1. The van der Waals surface area contributed by atoms with Crippen LogP contribution in [0.4, 0.5) is 0 Å². The molecule has 1 saturated carbocycles. The lowest BCUT2D eigenvalue weighted by atomic mass is 10.2. The van der Waals surface area contributed by atoms with Crippen LogP contribution >= 0.6 is 0 Å². The van der Waals surface area contributed by atoms with Crippen LogP contribution in [0.1, 0.15) is 32.3 Å². The number of rotatable bonds is 9. The molecule has 6 heteroatoms. The van der Waals surface area contributed by atoms with Crippen molar-refractivity contribution in [2.24, 2.45) is 10.9 Å². The average Bonchev–Trinajstić information content (AvgIpc) is 3.57. The first kappa shape index (κ1) is 20.9. The second-order valence-electron chi connectivity index (χ2n) is 7.99. The van der Waals surface area contributed by atoms with E-state index in [0.29, 0.717) is 12.6 Å². The summed E-state index contributed by atoms with van der Waals surface area (Å²) in [7, 11) is 1.83. The number of nitrogens with zero attached hydrogens (tertiary/aromatic N) is 3. The zero-order chi connectivity index (χ0) is 19.8. The van der Waals surface area contributed by atoms with Crippen molar-refractivity contribution in [2.45, 2.75) is 39.3 Å². The second kappa shape index (κ2) is 10.7. The summed E-state index contributed by atoms with van der Waals surface area (Å²) in [5.41, 5.74) is 1.18. The van der Waals surface area contributed by atoms with Gasteiger partial charge in [0.2, 0.25) is 0 Å². The van der Waals surface area contributed by atoms with Gasteiger partial charge < -0.3 is 20.3 Å². The molecule has 3 rings (SSSR count). The van der Waals surface area contributed by atoms with E-state index in [2.05, 4.69) is 57.5 Å². The van der Waals surface area contributed by atoms with Gasteiger partial charge in [-0.1, -0.05) is 25.1 Å². The van der Waals surface area contributed by atoms with Gasteiger partial charge in [-0.05, 0) is 38.3 Å². The summed E-state index contributed by atoms with van der Waals surface area (Å²) in [6, 6.07) is 8.78. The van der Waals surface area contributed by atoms with E-state index in [0.717, 1.165) is 50.4 Å². The molecule has 6 nitrogen and oxygen atoms in total. The van der Waals surface area contributed by atoms with Crippen LogP contribution in [0, 0.1) is 5.92 Å². The standard InChI is InChI=1S/C22H37N5O/c1-4-26-11-13-27(14-12-26)18(2)15-24-22(23-3)25-16-20-7-5-6-8-21(20)28-17-19-9-10-19/h5-8,18-19H,4,9-17H2,1-3H3,(H2,23,24,25). The topological polar surface area (TPSA) is 52.1 Å². The highest BCUT2D eigenvalue weighted by Gasteiger charge is 2.22. The largest absolute Gasteiger partial charge is 0.493 e. The van der Waals surface area contributed by atoms with Gasteiger partial charge in [0.05, 0.1) is 6.61 Å². The number of guanidine groups is 1. The lowest BCUT2D eigenvalue weighted by Crippen LogP contribution is -2.53. The van der Waals surface area contributed by atoms with Gasteiger partial charge in [0, 0.05) is 57.9 Å². The van der Waals surface area contributed by atoms with Gasteiger partial charge in [-0.25, -0.2) is 0 Å². The monoisotopic (exact) mass is 387 g/mol. The fourth-order valence-corrected chi connectivity index (χ4v) is 3.58. The highest BCUT2D eigenvalue weighted by Crippen LogP contribution is 2.30. The molecule has 2 N–H and O–H groups in total. The third-order valence-corrected chi connectivity index (χ3v) is 5.86. The normalized spacial score (nSPS) is 20.0. The third-order valence-electron chi connectivity index (χ3n) is 5.86. The van der Waals surface area contributed by atoms with Gasteiger partial charge in [0.15, 0.2) is 5.96 Å². The summed E-state index contributed by atoms with van der Waals surface area (Å²) in [6.45, 7) is 12.8. The van der Waals surface area contributed by atoms with Gasteiger partial charge in [-0.3, -0.25) is 9.89 Å². The van der Waals surface area contributed by atoms with Gasteiger partial charge >= 0.3 is 0 Å². The molecule has 28 heavy (non-hydrogen) atoms. The number of para-hydroxylation sites is 1. The van der Waals surface area contributed by atoms with E-state index in [1.165, 1.54) is 31.5 Å². The van der Waals surface area contributed by atoms with E-state index >= 15 is 0 Å². The van der Waals surface area contributed by atoms with Crippen molar-refractivity contribution in [3.8, 4) is 5.75 Å². The van der Waals surface area contributed by atoms with Crippen molar-refractivity contribution in [1.82, 2.24) is 20.4 Å². The average molecular weight is 388 g/mol. The molecular formula is C22H37N5O. The van der Waals surface area contributed by atoms with Gasteiger partial charge in [0.25, 0.3) is 0 Å². The van der Waals surface area contributed by atoms with Crippen LogP contribution in [0.25, 0.3) is 0 Å². The molecule has 2 aliphatic rings. The molecule has 1 atom stereocenters. The molecule has 0 spiro atoms. The van der Waals surface area contributed by atoms with Crippen LogP contribution in [-0.2, 0) is 6.54 Å². The third kappa shape index (κ3) is 6.38. The van der Waals surface area contributed by atoms with Crippen molar-refractivity contribution < 1.29 is 4.74 Å². The second-order valence-corrected chi connectivity index (χ2v) is 7.99. The van der Waals surface area contributed by atoms with E-state index in [1.807, 2.05) is 13.1 Å². The minimum atomic E-state index is 0.492. The van der Waals surface area contributed by atoms with E-state index in [9.17, 15) is 0 Å². The number of benzene rings is 1. The maximum atomic E-state index is 6.01. The Balaban J connectivity index is 1.42. The Kier molecular flexibility index (Phi) is 7.98. The lowest BCUT2D eigenvalue weighted by molar-refractivity contribution is 0.107. The highest BCUT2D eigenvalue weighted by molar-refractivity contribution is 5.79. The van der Waals surface area contributed by atoms with Crippen LogP contribution in [0.5, 0.6) is 5.75 Å². The fraction of sp³-hybridized carbons (Fsp3) is 0.682. The minimum Gasteiger partial charge on any atom is -0.493 e. The summed E-state index contributed by atoms with van der Waals surface area (Å²) >= 11 is 0. The summed E-state index contributed by atoms with van der Waals surface area (Å²) in [5.74, 6) is 2.59. The molecule has 1 aliphatic carbocycles. The van der Waals surface area contributed by atoms with Crippen LogP contribution in [0.3, 0.4) is 0 Å². The first-order valence-electron chi connectivity index (χ1n) is 10.8. The van der Waals surface area contributed by atoms with Crippen molar-refractivity contribution in [2.75, 3.05) is 52.9 Å². The van der Waals surface area contributed by atoms with Crippen LogP contribution < -0.4 is 15.4 Å². The first-order chi connectivity index (χ1) is 13.7. The molecule has 156 valence electrons. The number of nitrogens with one attached hydrogen (secondary N) is 2. The fourth-order valence-electron chi connectivity index (χ4n) is 3.58. The maximum Gasteiger partial charge on any atom is 0.191 e. The van der Waals surface area contributed by atoms with Crippen molar-refractivity contribution in [1.29, 1.82) is 0 Å². The Morgan fingerprint density at radius 2 is 1.93 bits per heavy atom. The summed E-state index contributed by atoms with van der Waals surface area (Å²) in [6.07, 6.45) is 2.62. The van der Waals surface area contributed by atoms with Crippen molar-refractivity contribution in [3.63, 3.8) is 0 Å². The number of hydrogen-bond acceptors (Lipinski definition) is 4. The Bertz CT molecular complexity index is 623. The molecule has 1 heterocycles. The zero-order valence-corrected chi connectivity index (χ0v) is 17.8. The molecule has 1 aromatic carbocycles. The van der Waals surface area contributed by atoms with Gasteiger partial charge in [-0.2, -0.15) is 0 Å². The molecule has 0 aromatic heterocycles. The van der Waals surface area contributed by atoms with E-state index in [1.54, 1.807) is 0 Å². The molecule has 2 fully saturated rings. The lowest BCUT2D eigenvalue weighted by Gasteiger charge is -2.37. The molecule has 1 aliphatic heterocycles. The van der Waals surface area contributed by atoms with E-state index < -0.39 is 0 Å². The predicted octanol–water partition coefficient (Wildman–Crippen LogP) is 2.17. The quantitative estimate of drug-likeness (QED) is 0.502. The molecule has 1 saturated heterocycles. The molecule has 1 aromatic rings. The minimum absolute atomic E-state index is 0.492. The Morgan fingerprint density at radius 3 is 2.61 bits per heavy atom. The smallest absolute Gasteiger partial charge is 0.191 e. The number of likely N-dealkylation sites (N-methyl/N-ethyl adjacent to an activating group) is 1. The van der Waals surface area contributed by atoms with Gasteiger partial charge in [0.1, 0.15) is 5.75 Å². The predicted molar refractivity (Wildman–Crippen MR) is 116 cm³/mol. The van der Waals surface area contributed by atoms with E-state index in [4.69, 9.17) is 4.74 Å². The van der Waals surface area contributed by atoms with Gasteiger partial charge in [-0.15, -0.1) is 0 Å². The molecule has 0 amide bonds. The SMILES string of the molecule is CCN1CCN(C(C)CNC(=NC)NCc2ccccc2OCC2CC2)CC1. The maximum absolute atomic E-state index is 6.01. The zero-order valence-electron chi connectivity index (χ0n) is 17.8. The van der Waals surface area contributed by atoms with E-state index in [-0.39, 0.29) is 0 Å². The Morgan fingerprint density at radius 1 is 1.18 bits per heavy atom. The Hall–Kier alpha value is -1.79. The summed E-state index contributed by atoms with van der Waals surface area (Å²) in [5, 5.41) is 6.92. The number of hydrogen-bond donors (Lipinski definition) is 2. The van der Waals surface area contributed by atoms with Crippen LogP contribution in [0.15, 0.2) is 29.3 Å². The van der Waals surface area contributed by atoms with Crippen molar-refractivity contribution >= 4 is 5.96 Å². The molecule has 0 radical (unpaired) electrons. The summed E-state index contributed by atoms with van der Waals surface area (Å²) in [4.78, 5) is 9.46. The first-order valence-corrected chi connectivity index (χ1v) is 10.8. The summed E-state index contributed by atoms with van der Waals surface area (Å²) < 4.78 is 6.01.